The monoisotopic (exact) mass is 389 g/mol. The zero-order valence-corrected chi connectivity index (χ0v) is 16.5. The maximum absolute atomic E-state index is 6.16. The first-order valence-corrected chi connectivity index (χ1v) is 9.59. The molecule has 0 bridgehead atoms. The Hall–Kier alpha value is -3.04. The average Bonchev–Trinajstić information content (AvgIpc) is 2.70. The lowest BCUT2D eigenvalue weighted by Crippen LogP contribution is -2.04. The lowest BCUT2D eigenvalue weighted by atomic mass is 10.1. The summed E-state index contributed by atoms with van der Waals surface area (Å²) in [6.07, 6.45) is 0. The van der Waals surface area contributed by atoms with Gasteiger partial charge in [-0.1, -0.05) is 35.4 Å². The van der Waals surface area contributed by atoms with E-state index in [1.54, 1.807) is 0 Å². The van der Waals surface area contributed by atoms with Crippen LogP contribution in [0.3, 0.4) is 0 Å². The number of hydrogen-bond donors (Lipinski definition) is 0. The van der Waals surface area contributed by atoms with Crippen molar-refractivity contribution in [2.24, 2.45) is 4.99 Å². The highest BCUT2D eigenvalue weighted by molar-refractivity contribution is 6.30. The first-order valence-electron chi connectivity index (χ1n) is 9.21. The van der Waals surface area contributed by atoms with Crippen molar-refractivity contribution in [1.82, 2.24) is 0 Å². The second-order valence-electron chi connectivity index (χ2n) is 6.51. The summed E-state index contributed by atoms with van der Waals surface area (Å²) in [6.45, 7) is 4.62. The predicted molar refractivity (Wildman–Crippen MR) is 114 cm³/mol. The fraction of sp³-hybridized carbons (Fsp3) is 0.125. The summed E-state index contributed by atoms with van der Waals surface area (Å²) in [5.41, 5.74) is 3.67. The number of nitrogens with zero attached hydrogens (tertiary/aromatic N) is 1. The van der Waals surface area contributed by atoms with Gasteiger partial charge in [-0.3, -0.25) is 0 Å². The molecule has 0 unspecified atom stereocenters. The van der Waals surface area contributed by atoms with Crippen LogP contribution in [-0.4, -0.2) is 6.61 Å². The standard InChI is InChI=1S/C24H20ClNO2/c1-3-27-23-7-5-4-6-20(23)26-21-15-24(17-9-11-18(25)12-10-17)28-22-13-8-16(2)14-19(21)22/h4-15H,3H2,1-2H3. The summed E-state index contributed by atoms with van der Waals surface area (Å²) in [4.78, 5) is 4.92. The zero-order chi connectivity index (χ0) is 19.5. The van der Waals surface area contributed by atoms with Gasteiger partial charge in [-0.25, -0.2) is 4.99 Å². The second kappa shape index (κ2) is 7.91. The van der Waals surface area contributed by atoms with Crippen molar-refractivity contribution in [3.63, 3.8) is 0 Å². The normalized spacial score (nSPS) is 11.8. The molecule has 4 aromatic rings. The van der Waals surface area contributed by atoms with Crippen LogP contribution in [0, 0.1) is 6.92 Å². The molecule has 0 spiro atoms. The van der Waals surface area contributed by atoms with Gasteiger partial charge in [0.05, 0.1) is 12.0 Å². The smallest absolute Gasteiger partial charge is 0.144 e. The molecule has 0 atom stereocenters. The van der Waals surface area contributed by atoms with Crippen LogP contribution in [0.1, 0.15) is 12.5 Å². The SMILES string of the molecule is CCOc1ccccc1N=c1cc(-c2ccc(Cl)cc2)oc2ccc(C)cc12. The van der Waals surface area contributed by atoms with Gasteiger partial charge >= 0.3 is 0 Å². The minimum Gasteiger partial charge on any atom is -0.492 e. The molecule has 0 N–H and O–H groups in total. The average molecular weight is 390 g/mol. The Bertz CT molecular complexity index is 1190. The van der Waals surface area contributed by atoms with Crippen LogP contribution in [0.15, 0.2) is 82.2 Å². The molecule has 4 rings (SSSR count). The van der Waals surface area contributed by atoms with Gasteiger partial charge in [0, 0.05) is 22.0 Å². The van der Waals surface area contributed by atoms with Crippen LogP contribution in [0.5, 0.6) is 5.75 Å². The number of rotatable bonds is 4. The van der Waals surface area contributed by atoms with Gasteiger partial charge in [0.25, 0.3) is 0 Å². The summed E-state index contributed by atoms with van der Waals surface area (Å²) in [5, 5.41) is 2.49. The molecular weight excluding hydrogens is 370 g/mol. The fourth-order valence-electron chi connectivity index (χ4n) is 3.09. The van der Waals surface area contributed by atoms with E-state index in [0.29, 0.717) is 11.6 Å². The van der Waals surface area contributed by atoms with E-state index in [1.807, 2.05) is 73.7 Å². The van der Waals surface area contributed by atoms with Crippen molar-refractivity contribution >= 4 is 28.3 Å². The molecule has 0 fully saturated rings. The minimum atomic E-state index is 0.590. The van der Waals surface area contributed by atoms with Crippen LogP contribution < -0.4 is 10.1 Å². The topological polar surface area (TPSA) is 34.7 Å². The van der Waals surface area contributed by atoms with E-state index in [2.05, 4.69) is 13.0 Å². The van der Waals surface area contributed by atoms with Crippen LogP contribution in [0.2, 0.25) is 5.02 Å². The fourth-order valence-corrected chi connectivity index (χ4v) is 3.21. The summed E-state index contributed by atoms with van der Waals surface area (Å²) in [5.74, 6) is 1.50. The van der Waals surface area contributed by atoms with Crippen LogP contribution in [-0.2, 0) is 0 Å². The molecule has 0 saturated heterocycles. The molecule has 4 heteroatoms. The number of hydrogen-bond acceptors (Lipinski definition) is 3. The number of ether oxygens (including phenoxy) is 1. The Balaban J connectivity index is 1.98. The van der Waals surface area contributed by atoms with E-state index in [0.717, 1.165) is 44.7 Å². The molecule has 3 nitrogen and oxygen atoms in total. The number of halogens is 1. The number of para-hydroxylation sites is 2. The Morgan fingerprint density at radius 3 is 2.54 bits per heavy atom. The largest absolute Gasteiger partial charge is 0.492 e. The molecule has 0 saturated carbocycles. The van der Waals surface area contributed by atoms with Crippen LogP contribution in [0.4, 0.5) is 5.69 Å². The summed E-state index contributed by atoms with van der Waals surface area (Å²) in [6, 6.07) is 23.5. The van der Waals surface area contributed by atoms with Gasteiger partial charge < -0.3 is 9.15 Å². The molecule has 140 valence electrons. The van der Waals surface area contributed by atoms with E-state index in [1.165, 1.54) is 0 Å². The van der Waals surface area contributed by atoms with Crippen LogP contribution in [0.25, 0.3) is 22.3 Å². The van der Waals surface area contributed by atoms with Crippen molar-refractivity contribution in [3.05, 3.63) is 88.7 Å². The molecule has 28 heavy (non-hydrogen) atoms. The van der Waals surface area contributed by atoms with E-state index in [-0.39, 0.29) is 0 Å². The third-order valence-corrected chi connectivity index (χ3v) is 4.69. The van der Waals surface area contributed by atoms with Crippen molar-refractivity contribution in [2.45, 2.75) is 13.8 Å². The third-order valence-electron chi connectivity index (χ3n) is 4.43. The second-order valence-corrected chi connectivity index (χ2v) is 6.95. The number of aryl methyl sites for hydroxylation is 1. The lowest BCUT2D eigenvalue weighted by Gasteiger charge is -2.08. The van der Waals surface area contributed by atoms with Crippen molar-refractivity contribution in [3.8, 4) is 17.1 Å². The van der Waals surface area contributed by atoms with Gasteiger partial charge in [0.1, 0.15) is 22.8 Å². The van der Waals surface area contributed by atoms with Gasteiger partial charge in [0.15, 0.2) is 0 Å². The Morgan fingerprint density at radius 2 is 1.75 bits per heavy atom. The van der Waals surface area contributed by atoms with E-state index in [4.69, 9.17) is 25.7 Å². The molecule has 3 aromatic carbocycles. The molecule has 1 heterocycles. The highest BCUT2D eigenvalue weighted by Gasteiger charge is 2.08. The van der Waals surface area contributed by atoms with Crippen molar-refractivity contribution < 1.29 is 9.15 Å². The maximum Gasteiger partial charge on any atom is 0.144 e. The highest BCUT2D eigenvalue weighted by atomic mass is 35.5. The Labute approximate surface area is 168 Å². The molecule has 0 radical (unpaired) electrons. The van der Waals surface area contributed by atoms with Crippen molar-refractivity contribution in [1.29, 1.82) is 0 Å². The van der Waals surface area contributed by atoms with Gasteiger partial charge in [0.2, 0.25) is 0 Å². The predicted octanol–water partition coefficient (Wildman–Crippen LogP) is 6.69. The molecule has 1 aromatic heterocycles. The number of benzene rings is 3. The van der Waals surface area contributed by atoms with Gasteiger partial charge in [-0.15, -0.1) is 0 Å². The quantitative estimate of drug-likeness (QED) is 0.389. The molecule has 0 amide bonds. The first kappa shape index (κ1) is 18.3. The molecular formula is C24H20ClNO2. The summed E-state index contributed by atoms with van der Waals surface area (Å²) >= 11 is 6.03. The first-order chi connectivity index (χ1) is 13.6. The minimum absolute atomic E-state index is 0.590. The van der Waals surface area contributed by atoms with Crippen LogP contribution >= 0.6 is 11.6 Å². The van der Waals surface area contributed by atoms with Gasteiger partial charge in [-0.05, 0) is 62.4 Å². The Morgan fingerprint density at radius 1 is 0.964 bits per heavy atom. The van der Waals surface area contributed by atoms with E-state index >= 15 is 0 Å². The van der Waals surface area contributed by atoms with E-state index < -0.39 is 0 Å². The van der Waals surface area contributed by atoms with Crippen molar-refractivity contribution in [2.75, 3.05) is 6.61 Å². The highest BCUT2D eigenvalue weighted by Crippen LogP contribution is 2.28. The molecule has 0 aliphatic rings. The Kier molecular flexibility index (Phi) is 5.18. The van der Waals surface area contributed by atoms with Gasteiger partial charge in [-0.2, -0.15) is 0 Å². The van der Waals surface area contributed by atoms with E-state index in [9.17, 15) is 0 Å². The lowest BCUT2D eigenvalue weighted by molar-refractivity contribution is 0.341. The maximum atomic E-state index is 6.16. The number of fused-ring (bicyclic) bond motifs is 1. The summed E-state index contributed by atoms with van der Waals surface area (Å²) in [7, 11) is 0. The third kappa shape index (κ3) is 3.80. The molecule has 0 aliphatic heterocycles. The summed E-state index contributed by atoms with van der Waals surface area (Å²) < 4.78 is 11.9. The zero-order valence-electron chi connectivity index (χ0n) is 15.8. The molecule has 0 aliphatic carbocycles.